The van der Waals surface area contributed by atoms with Crippen LogP contribution in [0.4, 0.5) is 5.69 Å². The molecule has 1 aliphatic rings. The molecule has 1 fully saturated rings. The van der Waals surface area contributed by atoms with Crippen LogP contribution < -0.4 is 10.1 Å². The van der Waals surface area contributed by atoms with Crippen molar-refractivity contribution in [2.75, 3.05) is 45.3 Å². The fourth-order valence-corrected chi connectivity index (χ4v) is 2.77. The van der Waals surface area contributed by atoms with Crippen molar-refractivity contribution in [1.82, 2.24) is 4.90 Å². The maximum atomic E-state index is 12.5. The minimum absolute atomic E-state index is 0.00945. The van der Waals surface area contributed by atoms with E-state index in [1.165, 1.54) is 0 Å². The van der Waals surface area contributed by atoms with Crippen LogP contribution in [-0.2, 0) is 19.1 Å². The summed E-state index contributed by atoms with van der Waals surface area (Å²) in [5.41, 5.74) is -0.193. The number of carbonyl (C=O) groups is 2. The van der Waals surface area contributed by atoms with Gasteiger partial charge in [-0.25, -0.2) is 0 Å². The Morgan fingerprint density at radius 3 is 2.48 bits per heavy atom. The molecule has 27 heavy (non-hydrogen) atoms. The third-order valence-corrected chi connectivity index (χ3v) is 4.78. The number of ether oxygens (including phenoxy) is 3. The number of morpholine rings is 1. The molecule has 7 nitrogen and oxygen atoms in total. The number of hydrogen-bond donors (Lipinski definition) is 1. The van der Waals surface area contributed by atoms with E-state index in [9.17, 15) is 9.59 Å². The van der Waals surface area contributed by atoms with E-state index in [-0.39, 0.29) is 18.4 Å². The topological polar surface area (TPSA) is 77.1 Å². The Morgan fingerprint density at radius 2 is 1.89 bits per heavy atom. The second-order valence-corrected chi connectivity index (χ2v) is 6.80. The molecule has 150 valence electrons. The van der Waals surface area contributed by atoms with Crippen molar-refractivity contribution in [3.63, 3.8) is 0 Å². The molecule has 0 spiro atoms. The molecule has 1 N–H and O–H groups in total. The van der Waals surface area contributed by atoms with Crippen molar-refractivity contribution in [3.8, 4) is 5.75 Å². The molecule has 0 radical (unpaired) electrons. The normalized spacial score (nSPS) is 16.5. The molecule has 2 rings (SSSR count). The fraction of sp³-hybridized carbons (Fsp3) is 0.600. The summed E-state index contributed by atoms with van der Waals surface area (Å²) in [6.45, 7) is 6.21. The number of carbonyl (C=O) groups excluding carboxylic acids is 2. The van der Waals surface area contributed by atoms with Gasteiger partial charge in [0.25, 0.3) is 11.8 Å². The van der Waals surface area contributed by atoms with Gasteiger partial charge in [0.05, 0.1) is 13.2 Å². The smallest absolute Gasteiger partial charge is 0.260 e. The Kier molecular flexibility index (Phi) is 8.06. The number of benzene rings is 1. The highest BCUT2D eigenvalue weighted by molar-refractivity contribution is 5.97. The summed E-state index contributed by atoms with van der Waals surface area (Å²) in [6, 6.07) is 6.97. The molecule has 1 heterocycles. The molecule has 1 aliphatic heterocycles. The summed E-state index contributed by atoms with van der Waals surface area (Å²) < 4.78 is 16.2. The Bertz CT molecular complexity index is 613. The second-order valence-electron chi connectivity index (χ2n) is 6.80. The average Bonchev–Trinajstić information content (AvgIpc) is 2.71. The zero-order valence-electron chi connectivity index (χ0n) is 16.5. The van der Waals surface area contributed by atoms with Crippen LogP contribution in [0.15, 0.2) is 24.3 Å². The SMILES string of the molecule is CCCC[C@](C)(OC)C(=O)Nc1ccc(OCC(=O)N2CCOCC2)cc1. The van der Waals surface area contributed by atoms with Gasteiger partial charge in [-0.1, -0.05) is 19.8 Å². The number of nitrogens with one attached hydrogen (secondary N) is 1. The number of nitrogens with zero attached hydrogens (tertiary/aromatic N) is 1. The molecule has 2 amide bonds. The first kappa shape index (κ1) is 21.2. The molecular weight excluding hydrogens is 348 g/mol. The van der Waals surface area contributed by atoms with E-state index < -0.39 is 5.60 Å². The molecule has 1 atom stereocenters. The standard InChI is InChI=1S/C20H30N2O5/c1-4-5-10-20(2,25-3)19(24)21-16-6-8-17(9-7-16)27-15-18(23)22-11-13-26-14-12-22/h6-9H,4-5,10-15H2,1-3H3,(H,21,24)/t20-/m0/s1. The highest BCUT2D eigenvalue weighted by Crippen LogP contribution is 2.22. The average molecular weight is 378 g/mol. The highest BCUT2D eigenvalue weighted by atomic mass is 16.5. The van der Waals surface area contributed by atoms with Gasteiger partial charge in [-0.15, -0.1) is 0 Å². The number of rotatable bonds is 9. The van der Waals surface area contributed by atoms with Crippen molar-refractivity contribution in [2.24, 2.45) is 0 Å². The number of anilines is 1. The Balaban J connectivity index is 1.85. The lowest BCUT2D eigenvalue weighted by atomic mass is 9.97. The molecule has 0 saturated carbocycles. The molecule has 1 aromatic carbocycles. The first-order valence-corrected chi connectivity index (χ1v) is 9.43. The van der Waals surface area contributed by atoms with Gasteiger partial charge < -0.3 is 24.4 Å². The maximum absolute atomic E-state index is 12.5. The quantitative estimate of drug-likeness (QED) is 0.714. The molecule has 0 aliphatic carbocycles. The van der Waals surface area contributed by atoms with Crippen LogP contribution in [0.25, 0.3) is 0 Å². The van der Waals surface area contributed by atoms with Crippen molar-refractivity contribution in [1.29, 1.82) is 0 Å². The molecule has 1 aromatic rings. The van der Waals surface area contributed by atoms with Gasteiger partial charge in [0.1, 0.15) is 11.4 Å². The Morgan fingerprint density at radius 1 is 1.22 bits per heavy atom. The summed E-state index contributed by atoms with van der Waals surface area (Å²) in [7, 11) is 1.55. The van der Waals surface area contributed by atoms with Crippen LogP contribution in [-0.4, -0.2) is 62.3 Å². The van der Waals surface area contributed by atoms with Gasteiger partial charge in [0, 0.05) is 25.9 Å². The zero-order chi connectivity index (χ0) is 19.7. The Hall–Kier alpha value is -2.12. The van der Waals surface area contributed by atoms with Gasteiger partial charge >= 0.3 is 0 Å². The van der Waals surface area contributed by atoms with Crippen LogP contribution in [0, 0.1) is 0 Å². The summed E-state index contributed by atoms with van der Waals surface area (Å²) in [4.78, 5) is 26.3. The van der Waals surface area contributed by atoms with Crippen LogP contribution in [0.2, 0.25) is 0 Å². The van der Waals surface area contributed by atoms with Crippen molar-refractivity contribution in [2.45, 2.75) is 38.7 Å². The largest absolute Gasteiger partial charge is 0.484 e. The number of hydrogen-bond acceptors (Lipinski definition) is 5. The van der Waals surface area contributed by atoms with Crippen molar-refractivity contribution < 1.29 is 23.8 Å². The third kappa shape index (κ3) is 6.22. The first-order chi connectivity index (χ1) is 13.0. The first-order valence-electron chi connectivity index (χ1n) is 9.43. The number of methoxy groups -OCH3 is 1. The maximum Gasteiger partial charge on any atom is 0.260 e. The summed E-state index contributed by atoms with van der Waals surface area (Å²) in [5, 5.41) is 2.88. The second kappa shape index (κ2) is 10.3. The van der Waals surface area contributed by atoms with Crippen LogP contribution in [0.3, 0.4) is 0 Å². The Labute approximate surface area is 161 Å². The third-order valence-electron chi connectivity index (χ3n) is 4.78. The minimum atomic E-state index is -0.851. The van der Waals surface area contributed by atoms with Crippen LogP contribution in [0.1, 0.15) is 33.1 Å². The van der Waals surface area contributed by atoms with Crippen molar-refractivity contribution in [3.05, 3.63) is 24.3 Å². The lowest BCUT2D eigenvalue weighted by Gasteiger charge is -2.27. The van der Waals surface area contributed by atoms with Gasteiger partial charge in [-0.2, -0.15) is 0 Å². The van der Waals surface area contributed by atoms with Crippen LogP contribution >= 0.6 is 0 Å². The van der Waals surface area contributed by atoms with E-state index in [1.54, 1.807) is 43.2 Å². The molecular formula is C20H30N2O5. The van der Waals surface area contributed by atoms with Crippen molar-refractivity contribution >= 4 is 17.5 Å². The van der Waals surface area contributed by atoms with E-state index in [1.807, 2.05) is 0 Å². The zero-order valence-corrected chi connectivity index (χ0v) is 16.5. The van der Waals surface area contributed by atoms with Gasteiger partial charge in [-0.05, 0) is 37.6 Å². The molecule has 7 heteroatoms. The van der Waals surface area contributed by atoms with E-state index >= 15 is 0 Å². The fourth-order valence-electron chi connectivity index (χ4n) is 2.77. The lowest BCUT2D eigenvalue weighted by Crippen LogP contribution is -2.43. The van der Waals surface area contributed by atoms with E-state index in [2.05, 4.69) is 12.2 Å². The molecule has 1 saturated heterocycles. The van der Waals surface area contributed by atoms with E-state index in [0.717, 1.165) is 12.8 Å². The van der Waals surface area contributed by atoms with Crippen LogP contribution in [0.5, 0.6) is 5.75 Å². The monoisotopic (exact) mass is 378 g/mol. The minimum Gasteiger partial charge on any atom is -0.484 e. The highest BCUT2D eigenvalue weighted by Gasteiger charge is 2.32. The van der Waals surface area contributed by atoms with Gasteiger partial charge in [0.2, 0.25) is 0 Å². The molecule has 0 bridgehead atoms. The van der Waals surface area contributed by atoms with E-state index in [0.29, 0.717) is 44.2 Å². The summed E-state index contributed by atoms with van der Waals surface area (Å²) >= 11 is 0. The molecule has 0 aromatic heterocycles. The lowest BCUT2D eigenvalue weighted by molar-refractivity contribution is -0.137. The van der Waals surface area contributed by atoms with Gasteiger partial charge in [0.15, 0.2) is 6.61 Å². The summed E-state index contributed by atoms with van der Waals surface area (Å²) in [6.07, 6.45) is 2.58. The number of unbranched alkanes of at least 4 members (excludes halogenated alkanes) is 1. The predicted molar refractivity (Wildman–Crippen MR) is 103 cm³/mol. The molecule has 0 unspecified atom stereocenters. The summed E-state index contributed by atoms with van der Waals surface area (Å²) in [5.74, 6) is 0.354. The predicted octanol–water partition coefficient (Wildman–Crippen LogP) is 2.46. The van der Waals surface area contributed by atoms with E-state index in [4.69, 9.17) is 14.2 Å². The van der Waals surface area contributed by atoms with Gasteiger partial charge in [-0.3, -0.25) is 9.59 Å². The number of amides is 2.